The van der Waals surface area contributed by atoms with Crippen molar-refractivity contribution in [2.75, 3.05) is 5.32 Å². The molecule has 0 radical (unpaired) electrons. The summed E-state index contributed by atoms with van der Waals surface area (Å²) in [5.41, 5.74) is 3.69. The van der Waals surface area contributed by atoms with Crippen molar-refractivity contribution in [3.05, 3.63) is 108 Å². The molecule has 3 atom stereocenters. The number of nitrogens with zero attached hydrogens (tertiary/aromatic N) is 2. The van der Waals surface area contributed by atoms with Crippen LogP contribution in [0, 0.1) is 0 Å². The third-order valence-corrected chi connectivity index (χ3v) is 6.10. The van der Waals surface area contributed by atoms with E-state index in [1.165, 1.54) is 6.20 Å². The number of benzene rings is 3. The number of nitrogens with one attached hydrogen (secondary N) is 1. The van der Waals surface area contributed by atoms with Crippen LogP contribution in [0.15, 0.2) is 91.1 Å². The number of hydrogen-bond acceptors (Lipinski definition) is 3. The second-order valence-electron chi connectivity index (χ2n) is 8.18. The van der Waals surface area contributed by atoms with E-state index in [2.05, 4.69) is 10.4 Å². The van der Waals surface area contributed by atoms with E-state index in [0.717, 1.165) is 21.4 Å². The molecule has 1 aliphatic heterocycles. The highest BCUT2D eigenvalue weighted by atomic mass is 19.4. The lowest BCUT2D eigenvalue weighted by Crippen LogP contribution is -2.36. The molecule has 4 aromatic rings. The molecule has 0 saturated carbocycles. The highest BCUT2D eigenvalue weighted by Crippen LogP contribution is 2.45. The van der Waals surface area contributed by atoms with Gasteiger partial charge in [0.25, 0.3) is 0 Å². The van der Waals surface area contributed by atoms with Gasteiger partial charge < -0.3 is 10.4 Å². The first-order valence-electron chi connectivity index (χ1n) is 10.7. The molecule has 0 bridgehead atoms. The van der Waals surface area contributed by atoms with Crippen molar-refractivity contribution in [1.82, 2.24) is 9.78 Å². The minimum Gasteiger partial charge on any atom is -0.383 e. The number of halogens is 3. The Balaban J connectivity index is 1.49. The Morgan fingerprint density at radius 3 is 2.12 bits per heavy atom. The van der Waals surface area contributed by atoms with Gasteiger partial charge in [0.1, 0.15) is 11.9 Å². The molecule has 3 unspecified atom stereocenters. The van der Waals surface area contributed by atoms with Crippen molar-refractivity contribution < 1.29 is 18.3 Å². The molecule has 2 heterocycles. The molecule has 0 fully saturated rings. The summed E-state index contributed by atoms with van der Waals surface area (Å²) in [5, 5.41) is 18.3. The number of rotatable bonds is 4. The van der Waals surface area contributed by atoms with E-state index in [1.54, 1.807) is 36.4 Å². The van der Waals surface area contributed by atoms with Crippen molar-refractivity contribution in [1.29, 1.82) is 0 Å². The third-order valence-electron chi connectivity index (χ3n) is 6.10. The van der Waals surface area contributed by atoms with Gasteiger partial charge in [0.2, 0.25) is 0 Å². The highest BCUT2D eigenvalue weighted by molar-refractivity contribution is 5.64. The van der Waals surface area contributed by atoms with E-state index in [4.69, 9.17) is 0 Å². The molecule has 5 rings (SSSR count). The summed E-state index contributed by atoms with van der Waals surface area (Å²) in [7, 11) is 0. The summed E-state index contributed by atoms with van der Waals surface area (Å²) < 4.78 is 42.6. The van der Waals surface area contributed by atoms with Crippen molar-refractivity contribution in [3.63, 3.8) is 0 Å². The van der Waals surface area contributed by atoms with Gasteiger partial charge in [0.15, 0.2) is 6.04 Å². The lowest BCUT2D eigenvalue weighted by molar-refractivity contribution is -0.173. The molecule has 1 aliphatic rings. The SMILES string of the molecule is OC(c1ccc(-c2ccccc2)cc1)c1cnn2c1NC(c1ccccc1)CC2C(F)(F)F. The lowest BCUT2D eigenvalue weighted by atomic mass is 9.95. The number of aromatic nitrogens is 2. The maximum absolute atomic E-state index is 13.9. The molecule has 168 valence electrons. The second kappa shape index (κ2) is 8.41. The monoisotopic (exact) mass is 449 g/mol. The predicted molar refractivity (Wildman–Crippen MR) is 121 cm³/mol. The van der Waals surface area contributed by atoms with Crippen LogP contribution in [-0.2, 0) is 0 Å². The first kappa shape index (κ1) is 21.3. The van der Waals surface area contributed by atoms with E-state index >= 15 is 0 Å². The van der Waals surface area contributed by atoms with Crippen LogP contribution in [0.5, 0.6) is 0 Å². The van der Waals surface area contributed by atoms with Crippen LogP contribution in [0.3, 0.4) is 0 Å². The standard InChI is InChI=1S/C26H22F3N3O/c27-26(28,29)23-15-22(19-9-5-2-6-10-19)31-25-21(16-30-32(23)25)24(33)20-13-11-18(12-14-20)17-7-3-1-4-8-17/h1-14,16,22-24,31,33H,15H2. The molecule has 0 spiro atoms. The maximum Gasteiger partial charge on any atom is 0.410 e. The minimum absolute atomic E-state index is 0.177. The van der Waals surface area contributed by atoms with Crippen molar-refractivity contribution in [2.24, 2.45) is 0 Å². The fourth-order valence-electron chi connectivity index (χ4n) is 4.35. The average molecular weight is 449 g/mol. The number of anilines is 1. The first-order valence-corrected chi connectivity index (χ1v) is 10.7. The van der Waals surface area contributed by atoms with Gasteiger partial charge in [0.05, 0.1) is 12.2 Å². The molecule has 0 saturated heterocycles. The largest absolute Gasteiger partial charge is 0.410 e. The molecular formula is C26H22F3N3O. The zero-order chi connectivity index (χ0) is 23.0. The van der Waals surface area contributed by atoms with Crippen LogP contribution in [-0.4, -0.2) is 21.1 Å². The summed E-state index contributed by atoms with van der Waals surface area (Å²) in [6, 6.07) is 23.9. The van der Waals surface area contributed by atoms with Crippen molar-refractivity contribution >= 4 is 5.82 Å². The topological polar surface area (TPSA) is 50.1 Å². The zero-order valence-electron chi connectivity index (χ0n) is 17.6. The Labute approximate surface area is 189 Å². The Morgan fingerprint density at radius 2 is 1.48 bits per heavy atom. The minimum atomic E-state index is -4.46. The van der Waals surface area contributed by atoms with E-state index in [1.807, 2.05) is 48.5 Å². The Kier molecular flexibility index (Phi) is 5.42. The van der Waals surface area contributed by atoms with E-state index in [9.17, 15) is 18.3 Å². The van der Waals surface area contributed by atoms with Gasteiger partial charge >= 0.3 is 6.18 Å². The van der Waals surface area contributed by atoms with Gasteiger partial charge in [-0.15, -0.1) is 0 Å². The Bertz CT molecular complexity index is 1220. The van der Waals surface area contributed by atoms with Gasteiger partial charge in [-0.05, 0) is 22.3 Å². The molecule has 0 amide bonds. The van der Waals surface area contributed by atoms with E-state index in [-0.39, 0.29) is 12.2 Å². The molecule has 1 aromatic heterocycles. The predicted octanol–water partition coefficient (Wildman–Crippen LogP) is 6.29. The zero-order valence-corrected chi connectivity index (χ0v) is 17.6. The summed E-state index contributed by atoms with van der Waals surface area (Å²) >= 11 is 0. The Hall–Kier alpha value is -3.58. The van der Waals surface area contributed by atoms with Crippen molar-refractivity contribution in [2.45, 2.75) is 30.8 Å². The van der Waals surface area contributed by atoms with Gasteiger partial charge in [-0.2, -0.15) is 18.3 Å². The van der Waals surface area contributed by atoms with Crippen LogP contribution in [0.25, 0.3) is 11.1 Å². The van der Waals surface area contributed by atoms with Crippen LogP contribution in [0.2, 0.25) is 0 Å². The quantitative estimate of drug-likeness (QED) is 0.385. The Morgan fingerprint density at radius 1 is 0.879 bits per heavy atom. The van der Waals surface area contributed by atoms with Crippen LogP contribution < -0.4 is 5.32 Å². The lowest BCUT2D eigenvalue weighted by Gasteiger charge is -2.34. The number of hydrogen-bond donors (Lipinski definition) is 2. The molecule has 3 aromatic carbocycles. The normalized spacial score (nSPS) is 18.9. The van der Waals surface area contributed by atoms with Crippen LogP contribution in [0.4, 0.5) is 19.0 Å². The van der Waals surface area contributed by atoms with E-state index in [0.29, 0.717) is 11.1 Å². The molecule has 7 heteroatoms. The van der Waals surface area contributed by atoms with Gasteiger partial charge in [0, 0.05) is 12.0 Å². The molecule has 33 heavy (non-hydrogen) atoms. The molecule has 0 aliphatic carbocycles. The average Bonchev–Trinajstić information content (AvgIpc) is 3.27. The van der Waals surface area contributed by atoms with Crippen molar-refractivity contribution in [3.8, 4) is 11.1 Å². The summed E-state index contributed by atoms with van der Waals surface area (Å²) in [5.74, 6) is 0.192. The fraction of sp³-hybridized carbons (Fsp3) is 0.192. The number of aliphatic hydroxyl groups excluding tert-OH is 1. The van der Waals surface area contributed by atoms with Gasteiger partial charge in [-0.3, -0.25) is 0 Å². The first-order chi connectivity index (χ1) is 15.9. The van der Waals surface area contributed by atoms with E-state index < -0.39 is 24.4 Å². The third kappa shape index (κ3) is 4.12. The number of fused-ring (bicyclic) bond motifs is 1. The molecular weight excluding hydrogens is 427 g/mol. The summed E-state index contributed by atoms with van der Waals surface area (Å²) in [6.07, 6.45) is -4.43. The van der Waals surface area contributed by atoms with Gasteiger partial charge in [-0.1, -0.05) is 84.9 Å². The van der Waals surface area contributed by atoms with Crippen LogP contribution >= 0.6 is 0 Å². The smallest absolute Gasteiger partial charge is 0.383 e. The molecule has 2 N–H and O–H groups in total. The van der Waals surface area contributed by atoms with Gasteiger partial charge in [-0.25, -0.2) is 4.68 Å². The summed E-state index contributed by atoms with van der Waals surface area (Å²) in [6.45, 7) is 0. The maximum atomic E-state index is 13.9. The number of aliphatic hydroxyl groups is 1. The highest BCUT2D eigenvalue weighted by Gasteiger charge is 2.47. The van der Waals surface area contributed by atoms with Crippen LogP contribution in [0.1, 0.15) is 41.3 Å². The molecule has 4 nitrogen and oxygen atoms in total. The fourth-order valence-corrected chi connectivity index (χ4v) is 4.35. The summed E-state index contributed by atoms with van der Waals surface area (Å²) in [4.78, 5) is 0. The second-order valence-corrected chi connectivity index (χ2v) is 8.18. The number of alkyl halides is 3.